The van der Waals surface area contributed by atoms with Gasteiger partial charge in [0.05, 0.1) is 12.3 Å². The Morgan fingerprint density at radius 2 is 1.85 bits per heavy atom. The molecule has 4 nitrogen and oxygen atoms in total. The van der Waals surface area contributed by atoms with Crippen molar-refractivity contribution < 1.29 is 9.53 Å². The van der Waals surface area contributed by atoms with Crippen molar-refractivity contribution in [2.24, 2.45) is 5.10 Å². The molecule has 0 saturated heterocycles. The number of halogens is 1. The summed E-state index contributed by atoms with van der Waals surface area (Å²) in [6.07, 6.45) is 0.975. The van der Waals surface area contributed by atoms with Crippen molar-refractivity contribution in [2.75, 3.05) is 6.61 Å². The zero-order chi connectivity index (χ0) is 19.1. The summed E-state index contributed by atoms with van der Waals surface area (Å²) in [7, 11) is 0. The second-order valence-electron chi connectivity index (χ2n) is 6.39. The quantitative estimate of drug-likeness (QED) is 0.424. The fourth-order valence-electron chi connectivity index (χ4n) is 2.42. The summed E-state index contributed by atoms with van der Waals surface area (Å²) in [5.74, 6) is 0.669. The van der Waals surface area contributed by atoms with Crippen molar-refractivity contribution >= 4 is 23.2 Å². The van der Waals surface area contributed by atoms with Gasteiger partial charge in [0.1, 0.15) is 5.75 Å². The van der Waals surface area contributed by atoms with Crippen LogP contribution in [0.2, 0.25) is 5.02 Å². The molecule has 0 unspecified atom stereocenters. The molecule has 0 spiro atoms. The smallest absolute Gasteiger partial charge is 0.240 e. The number of carbonyl (C=O) groups excluding carboxylic acids is 1. The van der Waals surface area contributed by atoms with Crippen LogP contribution in [0.5, 0.6) is 5.75 Å². The van der Waals surface area contributed by atoms with Gasteiger partial charge in [0.15, 0.2) is 0 Å². The van der Waals surface area contributed by atoms with E-state index >= 15 is 0 Å². The van der Waals surface area contributed by atoms with E-state index in [0.717, 1.165) is 22.6 Å². The fourth-order valence-corrected chi connectivity index (χ4v) is 2.65. The number of amides is 1. The lowest BCUT2D eigenvalue weighted by molar-refractivity contribution is -0.121. The topological polar surface area (TPSA) is 50.7 Å². The van der Waals surface area contributed by atoms with Crippen LogP contribution in [-0.2, 0) is 4.79 Å². The molecule has 26 heavy (non-hydrogen) atoms. The maximum absolute atomic E-state index is 11.9. The summed E-state index contributed by atoms with van der Waals surface area (Å²) >= 11 is 5.92. The Morgan fingerprint density at radius 1 is 1.08 bits per heavy atom. The van der Waals surface area contributed by atoms with Gasteiger partial charge in [-0.15, -0.1) is 0 Å². The molecule has 2 aromatic rings. The summed E-state index contributed by atoms with van der Waals surface area (Å²) in [5, 5.41) is 4.87. The van der Waals surface area contributed by atoms with E-state index in [1.54, 1.807) is 6.07 Å². The van der Waals surface area contributed by atoms with Gasteiger partial charge in [-0.2, -0.15) is 5.10 Å². The second-order valence-corrected chi connectivity index (χ2v) is 6.83. The molecule has 0 atom stereocenters. The third-order valence-electron chi connectivity index (χ3n) is 4.22. The van der Waals surface area contributed by atoms with E-state index in [9.17, 15) is 4.79 Å². The molecular formula is C21H25ClN2O2. The highest BCUT2D eigenvalue weighted by atomic mass is 35.5. The molecule has 2 aromatic carbocycles. The van der Waals surface area contributed by atoms with E-state index in [4.69, 9.17) is 16.3 Å². The minimum Gasteiger partial charge on any atom is -0.493 e. The minimum atomic E-state index is -0.121. The third kappa shape index (κ3) is 5.88. The van der Waals surface area contributed by atoms with Crippen molar-refractivity contribution in [3.05, 3.63) is 63.7 Å². The van der Waals surface area contributed by atoms with Crippen LogP contribution < -0.4 is 10.2 Å². The summed E-state index contributed by atoms with van der Waals surface area (Å²) < 4.78 is 5.69. The van der Waals surface area contributed by atoms with E-state index in [0.29, 0.717) is 24.5 Å². The van der Waals surface area contributed by atoms with Gasteiger partial charge in [0, 0.05) is 11.4 Å². The van der Waals surface area contributed by atoms with Gasteiger partial charge in [0.2, 0.25) is 5.91 Å². The molecule has 0 aromatic heterocycles. The van der Waals surface area contributed by atoms with Crippen molar-refractivity contribution in [1.82, 2.24) is 5.43 Å². The normalized spacial score (nSPS) is 11.3. The Morgan fingerprint density at radius 3 is 2.54 bits per heavy atom. The maximum atomic E-state index is 11.9. The van der Waals surface area contributed by atoms with Crippen LogP contribution in [-0.4, -0.2) is 18.2 Å². The van der Waals surface area contributed by atoms with E-state index in [-0.39, 0.29) is 5.91 Å². The lowest BCUT2D eigenvalue weighted by Gasteiger charge is -2.09. The Kier molecular flexibility index (Phi) is 7.22. The number of ether oxygens (including phenoxy) is 1. The highest BCUT2D eigenvalue weighted by molar-refractivity contribution is 6.30. The van der Waals surface area contributed by atoms with Crippen LogP contribution in [0.3, 0.4) is 0 Å². The summed E-state index contributed by atoms with van der Waals surface area (Å²) in [6.45, 7) is 8.43. The average Bonchev–Trinajstić information content (AvgIpc) is 2.60. The minimum absolute atomic E-state index is 0.121. The number of aryl methyl sites for hydroxylation is 3. The molecular weight excluding hydrogens is 348 g/mol. The van der Waals surface area contributed by atoms with E-state index < -0.39 is 0 Å². The molecule has 0 bridgehead atoms. The van der Waals surface area contributed by atoms with Crippen molar-refractivity contribution in [3.8, 4) is 5.75 Å². The van der Waals surface area contributed by atoms with Crippen molar-refractivity contribution in [2.45, 2.75) is 40.5 Å². The first kappa shape index (κ1) is 20.0. The van der Waals surface area contributed by atoms with Crippen LogP contribution in [0.1, 0.15) is 42.0 Å². The molecule has 0 aliphatic heterocycles. The molecule has 0 radical (unpaired) electrons. The summed E-state index contributed by atoms with van der Waals surface area (Å²) in [4.78, 5) is 11.9. The number of nitrogens with one attached hydrogen (secondary N) is 1. The van der Waals surface area contributed by atoms with Gasteiger partial charge in [-0.25, -0.2) is 5.43 Å². The number of carbonyl (C=O) groups is 1. The number of nitrogens with zero attached hydrogens (tertiary/aromatic N) is 1. The van der Waals surface area contributed by atoms with Crippen LogP contribution in [0.25, 0.3) is 0 Å². The highest BCUT2D eigenvalue weighted by Gasteiger charge is 2.04. The largest absolute Gasteiger partial charge is 0.493 e. The SMILES string of the molecule is C/C(=N\NC(=O)CCCOc1ccc(Cl)cc1C)c1ccc(C)c(C)c1. The van der Waals surface area contributed by atoms with Gasteiger partial charge < -0.3 is 4.74 Å². The monoisotopic (exact) mass is 372 g/mol. The Bertz CT molecular complexity index is 816. The summed E-state index contributed by atoms with van der Waals surface area (Å²) in [5.41, 5.74) is 7.83. The molecule has 0 heterocycles. The van der Waals surface area contributed by atoms with Crippen LogP contribution in [0.15, 0.2) is 41.5 Å². The molecule has 0 aliphatic carbocycles. The number of benzene rings is 2. The second kappa shape index (κ2) is 9.39. The predicted octanol–water partition coefficient (Wildman–Crippen LogP) is 4.96. The molecule has 2 rings (SSSR count). The third-order valence-corrected chi connectivity index (χ3v) is 4.45. The zero-order valence-electron chi connectivity index (χ0n) is 15.7. The zero-order valence-corrected chi connectivity index (χ0v) is 16.5. The first-order valence-electron chi connectivity index (χ1n) is 8.66. The molecule has 0 aliphatic rings. The van der Waals surface area contributed by atoms with Crippen LogP contribution in [0.4, 0.5) is 0 Å². The molecule has 0 saturated carbocycles. The van der Waals surface area contributed by atoms with Gasteiger partial charge in [0.25, 0.3) is 0 Å². The summed E-state index contributed by atoms with van der Waals surface area (Å²) in [6, 6.07) is 11.6. The van der Waals surface area contributed by atoms with Gasteiger partial charge in [-0.05, 0) is 80.6 Å². The van der Waals surface area contributed by atoms with E-state index in [2.05, 4.69) is 36.5 Å². The van der Waals surface area contributed by atoms with Crippen molar-refractivity contribution in [1.29, 1.82) is 0 Å². The Labute approximate surface area is 160 Å². The Hall–Kier alpha value is -2.33. The first-order chi connectivity index (χ1) is 12.4. The number of hydrogen-bond donors (Lipinski definition) is 1. The van der Waals surface area contributed by atoms with Gasteiger partial charge in [-0.3, -0.25) is 4.79 Å². The fraction of sp³-hybridized carbons (Fsp3) is 0.333. The lowest BCUT2D eigenvalue weighted by Crippen LogP contribution is -2.19. The van der Waals surface area contributed by atoms with E-state index in [1.165, 1.54) is 11.1 Å². The van der Waals surface area contributed by atoms with Crippen molar-refractivity contribution in [3.63, 3.8) is 0 Å². The van der Waals surface area contributed by atoms with Gasteiger partial charge >= 0.3 is 0 Å². The molecule has 138 valence electrons. The Balaban J connectivity index is 1.76. The average molecular weight is 373 g/mol. The van der Waals surface area contributed by atoms with E-state index in [1.807, 2.05) is 32.0 Å². The number of rotatable bonds is 7. The lowest BCUT2D eigenvalue weighted by atomic mass is 10.0. The van der Waals surface area contributed by atoms with Crippen LogP contribution >= 0.6 is 11.6 Å². The number of hydrogen-bond acceptors (Lipinski definition) is 3. The maximum Gasteiger partial charge on any atom is 0.240 e. The molecule has 5 heteroatoms. The highest BCUT2D eigenvalue weighted by Crippen LogP contribution is 2.21. The predicted molar refractivity (Wildman–Crippen MR) is 107 cm³/mol. The molecule has 1 N–H and O–H groups in total. The standard InChI is InChI=1S/C21H25ClN2O2/c1-14-7-8-18(12-15(14)2)17(4)23-24-21(25)6-5-11-26-20-10-9-19(22)13-16(20)3/h7-10,12-13H,5-6,11H2,1-4H3,(H,24,25)/b23-17+. The first-order valence-corrected chi connectivity index (χ1v) is 9.04. The number of hydrazone groups is 1. The molecule has 0 fully saturated rings. The van der Waals surface area contributed by atoms with Crippen LogP contribution in [0, 0.1) is 20.8 Å². The molecule has 1 amide bonds. The van der Waals surface area contributed by atoms with Gasteiger partial charge in [-0.1, -0.05) is 23.7 Å².